The summed E-state index contributed by atoms with van der Waals surface area (Å²) in [5.74, 6) is -0.356. The quantitative estimate of drug-likeness (QED) is 0.502. The first-order valence-corrected chi connectivity index (χ1v) is 12.4. The average Bonchev–Trinajstić information content (AvgIpc) is 3.05. The summed E-state index contributed by atoms with van der Waals surface area (Å²) in [5.41, 5.74) is 1.64. The van der Waals surface area contributed by atoms with Crippen LogP contribution in [0.3, 0.4) is 0 Å². The predicted octanol–water partition coefficient (Wildman–Crippen LogP) is 3.88. The van der Waals surface area contributed by atoms with Crippen LogP contribution >= 0.6 is 11.8 Å². The maximum absolute atomic E-state index is 14.3. The van der Waals surface area contributed by atoms with Crippen LogP contribution in [0.15, 0.2) is 76.6 Å². The van der Waals surface area contributed by atoms with Gasteiger partial charge >= 0.3 is 0 Å². The molecular weight excluding hydrogens is 488 g/mol. The second-order valence-corrected chi connectivity index (χ2v) is 9.72. The van der Waals surface area contributed by atoms with E-state index >= 15 is 0 Å². The van der Waals surface area contributed by atoms with Gasteiger partial charge in [0, 0.05) is 28.5 Å². The smallest absolute Gasteiger partial charge is 0.278 e. The standard InChI is InChI=1S/C26H21F2N3O4S/c27-25(28)17-7-4-12-35-19-8-3-5-15-13-36-20-9-2-1-6-16(20)22(21(15)19)31-14-29(17)26(34)23-24(33)18(32)10-11-30(23)31/h1-11,17,22,25,33H,12-14H2/b7-4+/t17-,22-/m1/s1. The Morgan fingerprint density at radius 1 is 1.08 bits per heavy atom. The van der Waals surface area contributed by atoms with Gasteiger partial charge in [-0.25, -0.2) is 8.78 Å². The first kappa shape index (κ1) is 22.7. The molecule has 2 aromatic carbocycles. The number of fused-ring (bicyclic) bond motifs is 7. The van der Waals surface area contributed by atoms with Crippen molar-refractivity contribution in [3.8, 4) is 11.5 Å². The van der Waals surface area contributed by atoms with Crippen LogP contribution in [0, 0.1) is 0 Å². The van der Waals surface area contributed by atoms with E-state index in [0.29, 0.717) is 11.5 Å². The Morgan fingerprint density at radius 3 is 2.75 bits per heavy atom. The van der Waals surface area contributed by atoms with Crippen molar-refractivity contribution < 1.29 is 23.4 Å². The van der Waals surface area contributed by atoms with Gasteiger partial charge in [-0.15, -0.1) is 11.8 Å². The monoisotopic (exact) mass is 509 g/mol. The maximum atomic E-state index is 14.3. The van der Waals surface area contributed by atoms with Crippen LogP contribution in [-0.2, 0) is 5.75 Å². The Morgan fingerprint density at radius 2 is 1.92 bits per heavy atom. The molecule has 2 bridgehead atoms. The number of carbonyl (C=O) groups excluding carboxylic acids is 1. The van der Waals surface area contributed by atoms with E-state index in [0.717, 1.165) is 32.6 Å². The van der Waals surface area contributed by atoms with Gasteiger partial charge in [0.25, 0.3) is 12.3 Å². The van der Waals surface area contributed by atoms with Gasteiger partial charge in [-0.05, 0) is 29.3 Å². The molecule has 0 fully saturated rings. The Labute approximate surface area is 209 Å². The minimum Gasteiger partial charge on any atom is -0.502 e. The zero-order valence-corrected chi connectivity index (χ0v) is 19.7. The molecule has 4 heterocycles. The molecule has 7 nitrogen and oxygen atoms in total. The third kappa shape index (κ3) is 3.47. The number of thioether (sulfide) groups is 1. The minimum atomic E-state index is -2.90. The highest BCUT2D eigenvalue weighted by molar-refractivity contribution is 7.98. The molecule has 3 aliphatic heterocycles. The third-order valence-corrected chi connectivity index (χ3v) is 7.84. The number of nitrogens with zero attached hydrogens (tertiary/aromatic N) is 3. The van der Waals surface area contributed by atoms with E-state index in [1.807, 2.05) is 42.5 Å². The molecule has 0 unspecified atom stereocenters. The van der Waals surface area contributed by atoms with Crippen molar-refractivity contribution in [2.75, 3.05) is 18.3 Å². The fraction of sp³-hybridized carbons (Fsp3) is 0.231. The number of pyridine rings is 1. The third-order valence-electron chi connectivity index (χ3n) is 6.70. The Kier molecular flexibility index (Phi) is 5.48. The highest BCUT2D eigenvalue weighted by Crippen LogP contribution is 2.46. The van der Waals surface area contributed by atoms with E-state index in [-0.39, 0.29) is 19.0 Å². The summed E-state index contributed by atoms with van der Waals surface area (Å²) in [5, 5.41) is 12.4. The molecule has 1 aromatic heterocycles. The summed E-state index contributed by atoms with van der Waals surface area (Å²) in [7, 11) is 0. The van der Waals surface area contributed by atoms with Crippen molar-refractivity contribution in [1.82, 2.24) is 9.58 Å². The maximum Gasteiger partial charge on any atom is 0.278 e. The van der Waals surface area contributed by atoms with Crippen LogP contribution in [0.4, 0.5) is 8.78 Å². The van der Waals surface area contributed by atoms with Crippen LogP contribution in [-0.4, -0.2) is 46.3 Å². The predicted molar refractivity (Wildman–Crippen MR) is 130 cm³/mol. The zero-order chi connectivity index (χ0) is 25.0. The van der Waals surface area contributed by atoms with Crippen molar-refractivity contribution in [1.29, 1.82) is 0 Å². The van der Waals surface area contributed by atoms with Gasteiger partial charge in [0.2, 0.25) is 5.43 Å². The molecule has 0 spiro atoms. The topological polar surface area (TPSA) is 75.0 Å². The fourth-order valence-electron chi connectivity index (χ4n) is 5.06. The second kappa shape index (κ2) is 8.70. The summed E-state index contributed by atoms with van der Waals surface area (Å²) in [6.45, 7) is -0.163. The molecule has 1 amide bonds. The van der Waals surface area contributed by atoms with E-state index < -0.39 is 35.6 Å². The van der Waals surface area contributed by atoms with Crippen LogP contribution in [0.2, 0.25) is 0 Å². The summed E-state index contributed by atoms with van der Waals surface area (Å²) >= 11 is 1.65. The van der Waals surface area contributed by atoms with Gasteiger partial charge in [-0.2, -0.15) is 0 Å². The first-order valence-electron chi connectivity index (χ1n) is 11.4. The van der Waals surface area contributed by atoms with Gasteiger partial charge in [0.05, 0.1) is 0 Å². The number of alkyl halides is 2. The Hall–Kier alpha value is -3.79. The minimum absolute atomic E-state index is 0.0409. The number of ether oxygens (including phenoxy) is 1. The number of halogens is 2. The largest absolute Gasteiger partial charge is 0.502 e. The highest BCUT2D eigenvalue weighted by Gasteiger charge is 2.43. The lowest BCUT2D eigenvalue weighted by molar-refractivity contribution is 0.0277. The summed E-state index contributed by atoms with van der Waals surface area (Å²) in [6.07, 6.45) is 1.23. The molecule has 36 heavy (non-hydrogen) atoms. The van der Waals surface area contributed by atoms with Crippen LogP contribution in [0.25, 0.3) is 0 Å². The summed E-state index contributed by atoms with van der Waals surface area (Å²) < 4.78 is 36.0. The lowest BCUT2D eigenvalue weighted by atomic mass is 9.93. The molecule has 0 radical (unpaired) electrons. The summed E-state index contributed by atoms with van der Waals surface area (Å²) in [6, 6.07) is 12.6. The molecular formula is C26H21F2N3O4S. The molecule has 2 atom stereocenters. The molecule has 6 rings (SSSR count). The van der Waals surface area contributed by atoms with E-state index in [4.69, 9.17) is 4.74 Å². The van der Waals surface area contributed by atoms with Gasteiger partial charge in [-0.1, -0.05) is 36.4 Å². The highest BCUT2D eigenvalue weighted by atomic mass is 32.2. The number of hydrogen-bond acceptors (Lipinski definition) is 6. The van der Waals surface area contributed by atoms with Crippen LogP contribution in [0.1, 0.15) is 33.2 Å². The molecule has 1 N–H and O–H groups in total. The van der Waals surface area contributed by atoms with E-state index in [2.05, 4.69) is 0 Å². The normalized spacial score (nSPS) is 21.5. The SMILES string of the molecule is O=C1c2c(O)c(=O)ccn2N2CN1[C@@H](C(F)F)/C=C/COc1cccc3c1[C@H]2c1ccccc1SC3. The average molecular weight is 510 g/mol. The van der Waals surface area contributed by atoms with E-state index in [9.17, 15) is 23.5 Å². The number of benzene rings is 2. The molecule has 10 heteroatoms. The van der Waals surface area contributed by atoms with Crippen molar-refractivity contribution in [2.45, 2.75) is 29.2 Å². The van der Waals surface area contributed by atoms with E-state index in [1.54, 1.807) is 16.8 Å². The fourth-order valence-corrected chi connectivity index (χ4v) is 6.14. The second-order valence-electron chi connectivity index (χ2n) is 8.70. The number of carbonyl (C=O) groups is 1. The Balaban J connectivity index is 1.69. The van der Waals surface area contributed by atoms with Crippen LogP contribution in [0.5, 0.6) is 11.5 Å². The zero-order valence-electron chi connectivity index (χ0n) is 18.9. The van der Waals surface area contributed by atoms with Crippen molar-refractivity contribution >= 4 is 17.7 Å². The number of hydrogen-bond donors (Lipinski definition) is 1. The van der Waals surface area contributed by atoms with Crippen molar-refractivity contribution in [3.63, 3.8) is 0 Å². The molecule has 184 valence electrons. The lowest BCUT2D eigenvalue weighted by Gasteiger charge is -2.45. The van der Waals surface area contributed by atoms with Gasteiger partial charge in [0.1, 0.15) is 31.1 Å². The lowest BCUT2D eigenvalue weighted by Crippen LogP contribution is -2.59. The number of amides is 1. The van der Waals surface area contributed by atoms with Crippen molar-refractivity contribution in [2.24, 2.45) is 0 Å². The number of aromatic nitrogens is 1. The van der Waals surface area contributed by atoms with Crippen molar-refractivity contribution in [3.05, 3.63) is 99.5 Å². The molecule has 3 aliphatic rings. The van der Waals surface area contributed by atoms with Gasteiger partial charge in [0.15, 0.2) is 11.4 Å². The summed E-state index contributed by atoms with van der Waals surface area (Å²) in [4.78, 5) is 27.8. The van der Waals surface area contributed by atoms with Gasteiger partial charge < -0.3 is 14.7 Å². The number of aromatic hydroxyl groups is 1. The van der Waals surface area contributed by atoms with Gasteiger partial charge in [-0.3, -0.25) is 19.3 Å². The molecule has 3 aromatic rings. The van der Waals surface area contributed by atoms with E-state index in [1.165, 1.54) is 23.0 Å². The Bertz CT molecular complexity index is 1460. The molecule has 0 saturated carbocycles. The molecule has 0 saturated heterocycles. The molecule has 0 aliphatic carbocycles. The number of rotatable bonds is 1. The van der Waals surface area contributed by atoms with Crippen LogP contribution < -0.4 is 15.2 Å². The first-order chi connectivity index (χ1) is 17.5.